The van der Waals surface area contributed by atoms with E-state index in [4.69, 9.17) is 14.6 Å². The van der Waals surface area contributed by atoms with Gasteiger partial charge < -0.3 is 14.6 Å². The van der Waals surface area contributed by atoms with Gasteiger partial charge in [-0.05, 0) is 18.6 Å². The Morgan fingerprint density at radius 1 is 1.47 bits per heavy atom. The molecule has 1 fully saturated rings. The molecule has 4 nitrogen and oxygen atoms in total. The van der Waals surface area contributed by atoms with Crippen LogP contribution in [-0.2, 0) is 4.74 Å². The Hall–Kier alpha value is -1.55. The van der Waals surface area contributed by atoms with E-state index in [-0.39, 0.29) is 11.0 Å². The lowest BCUT2D eigenvalue weighted by Gasteiger charge is -2.37. The second-order valence-electron chi connectivity index (χ2n) is 4.70. The number of ether oxygens (including phenoxy) is 2. The Morgan fingerprint density at radius 3 is 2.76 bits per heavy atom. The average Bonchev–Trinajstić information content (AvgIpc) is 2.27. The Kier molecular flexibility index (Phi) is 3.33. The van der Waals surface area contributed by atoms with Crippen molar-refractivity contribution in [3.05, 3.63) is 29.8 Å². The highest BCUT2D eigenvalue weighted by molar-refractivity contribution is 5.90. The summed E-state index contributed by atoms with van der Waals surface area (Å²) in [4.78, 5) is 10.9. The van der Waals surface area contributed by atoms with Gasteiger partial charge in [0.25, 0.3) is 0 Å². The first kappa shape index (κ1) is 11.9. The van der Waals surface area contributed by atoms with Gasteiger partial charge in [0.1, 0.15) is 11.3 Å². The van der Waals surface area contributed by atoms with Crippen LogP contribution in [0.3, 0.4) is 0 Å². The van der Waals surface area contributed by atoms with Gasteiger partial charge in [-0.2, -0.15) is 0 Å². The van der Waals surface area contributed by atoms with Gasteiger partial charge in [0.05, 0.1) is 19.8 Å². The highest BCUT2D eigenvalue weighted by atomic mass is 16.5. The summed E-state index contributed by atoms with van der Waals surface area (Å²) in [6.45, 7) is 4.18. The predicted octanol–water partition coefficient (Wildman–Crippen LogP) is 2.19. The molecule has 2 rings (SSSR count). The Morgan fingerprint density at radius 2 is 2.18 bits per heavy atom. The van der Waals surface area contributed by atoms with Crippen molar-refractivity contribution in [2.45, 2.75) is 13.3 Å². The molecule has 4 heteroatoms. The quantitative estimate of drug-likeness (QED) is 0.851. The van der Waals surface area contributed by atoms with Crippen molar-refractivity contribution in [2.75, 3.05) is 19.8 Å². The van der Waals surface area contributed by atoms with Crippen molar-refractivity contribution in [1.82, 2.24) is 0 Å². The summed E-state index contributed by atoms with van der Waals surface area (Å²) >= 11 is 0. The molecule has 0 radical (unpaired) electrons. The fourth-order valence-corrected chi connectivity index (χ4v) is 1.77. The van der Waals surface area contributed by atoms with E-state index in [1.165, 1.54) is 0 Å². The van der Waals surface area contributed by atoms with E-state index >= 15 is 0 Å². The van der Waals surface area contributed by atoms with Crippen molar-refractivity contribution >= 4 is 5.97 Å². The molecule has 0 bridgehead atoms. The van der Waals surface area contributed by atoms with E-state index in [2.05, 4.69) is 6.92 Å². The van der Waals surface area contributed by atoms with Crippen LogP contribution in [0.4, 0.5) is 0 Å². The summed E-state index contributed by atoms with van der Waals surface area (Å²) in [5.41, 5.74) is 0.403. The van der Waals surface area contributed by atoms with Gasteiger partial charge in [-0.25, -0.2) is 4.79 Å². The molecule has 1 aromatic rings. The standard InChI is InChI=1S/C13H16O4/c1-13(8-16-9-13)6-7-17-11-5-3-2-4-10(11)12(14)15/h2-5H,6-9H2,1H3,(H,14,15). The summed E-state index contributed by atoms with van der Waals surface area (Å²) < 4.78 is 10.7. The van der Waals surface area contributed by atoms with E-state index in [0.717, 1.165) is 19.6 Å². The minimum Gasteiger partial charge on any atom is -0.493 e. The molecule has 92 valence electrons. The van der Waals surface area contributed by atoms with Gasteiger partial charge in [-0.15, -0.1) is 0 Å². The molecule has 0 atom stereocenters. The summed E-state index contributed by atoms with van der Waals surface area (Å²) in [5, 5.41) is 8.98. The fraction of sp³-hybridized carbons (Fsp3) is 0.462. The number of para-hydroxylation sites is 1. The summed E-state index contributed by atoms with van der Waals surface area (Å²) in [6.07, 6.45) is 0.876. The Bertz CT molecular complexity index is 410. The molecule has 1 heterocycles. The second-order valence-corrected chi connectivity index (χ2v) is 4.70. The van der Waals surface area contributed by atoms with E-state index < -0.39 is 5.97 Å². The first-order valence-corrected chi connectivity index (χ1v) is 5.64. The zero-order valence-corrected chi connectivity index (χ0v) is 9.81. The molecule has 0 aromatic heterocycles. The largest absolute Gasteiger partial charge is 0.493 e. The third-order valence-electron chi connectivity index (χ3n) is 2.98. The van der Waals surface area contributed by atoms with Gasteiger partial charge in [-0.3, -0.25) is 0 Å². The number of aromatic carboxylic acids is 1. The minimum atomic E-state index is -0.959. The molecule has 1 aliphatic rings. The van der Waals surface area contributed by atoms with Crippen LogP contribution in [0.2, 0.25) is 0 Å². The fourth-order valence-electron chi connectivity index (χ4n) is 1.77. The molecule has 0 aliphatic carbocycles. The van der Waals surface area contributed by atoms with Gasteiger partial charge >= 0.3 is 5.97 Å². The molecule has 17 heavy (non-hydrogen) atoms. The van der Waals surface area contributed by atoms with Crippen LogP contribution in [-0.4, -0.2) is 30.9 Å². The number of hydrogen-bond donors (Lipinski definition) is 1. The van der Waals surface area contributed by atoms with Crippen molar-refractivity contribution < 1.29 is 19.4 Å². The van der Waals surface area contributed by atoms with Crippen LogP contribution < -0.4 is 4.74 Å². The molecule has 1 N–H and O–H groups in total. The van der Waals surface area contributed by atoms with Gasteiger partial charge in [-0.1, -0.05) is 19.1 Å². The van der Waals surface area contributed by atoms with Crippen molar-refractivity contribution in [3.63, 3.8) is 0 Å². The molecular weight excluding hydrogens is 220 g/mol. The highest BCUT2D eigenvalue weighted by Crippen LogP contribution is 2.30. The first-order valence-electron chi connectivity index (χ1n) is 5.64. The lowest BCUT2D eigenvalue weighted by molar-refractivity contribution is -0.109. The Labute approximate surface area is 100 Å². The molecule has 1 saturated heterocycles. The molecule has 1 aromatic carbocycles. The van der Waals surface area contributed by atoms with Crippen LogP contribution in [0.1, 0.15) is 23.7 Å². The zero-order valence-electron chi connectivity index (χ0n) is 9.81. The number of rotatable bonds is 5. The van der Waals surface area contributed by atoms with Crippen LogP contribution in [0, 0.1) is 5.41 Å². The molecule has 0 amide bonds. The van der Waals surface area contributed by atoms with E-state index in [0.29, 0.717) is 12.4 Å². The summed E-state index contributed by atoms with van der Waals surface area (Å²) in [7, 11) is 0. The third-order valence-corrected chi connectivity index (χ3v) is 2.98. The highest BCUT2D eigenvalue weighted by Gasteiger charge is 2.33. The number of benzene rings is 1. The average molecular weight is 236 g/mol. The van der Waals surface area contributed by atoms with Crippen LogP contribution in [0.15, 0.2) is 24.3 Å². The zero-order chi connectivity index (χ0) is 12.3. The third kappa shape index (κ3) is 2.77. The SMILES string of the molecule is CC1(CCOc2ccccc2C(=O)O)COC1. The lowest BCUT2D eigenvalue weighted by Crippen LogP contribution is -2.40. The van der Waals surface area contributed by atoms with Crippen molar-refractivity contribution in [1.29, 1.82) is 0 Å². The summed E-state index contributed by atoms with van der Waals surface area (Å²) in [6, 6.07) is 6.70. The van der Waals surface area contributed by atoms with Crippen LogP contribution in [0.25, 0.3) is 0 Å². The molecule has 0 saturated carbocycles. The maximum absolute atomic E-state index is 10.9. The molecule has 1 aliphatic heterocycles. The van der Waals surface area contributed by atoms with Crippen molar-refractivity contribution in [2.24, 2.45) is 5.41 Å². The predicted molar refractivity (Wildman–Crippen MR) is 62.4 cm³/mol. The van der Waals surface area contributed by atoms with Gasteiger partial charge in [0.2, 0.25) is 0 Å². The lowest BCUT2D eigenvalue weighted by atomic mass is 9.85. The molecule has 0 unspecified atom stereocenters. The van der Waals surface area contributed by atoms with Crippen LogP contribution >= 0.6 is 0 Å². The van der Waals surface area contributed by atoms with Crippen LogP contribution in [0.5, 0.6) is 5.75 Å². The number of carboxylic acid groups (broad SMARTS) is 1. The van der Waals surface area contributed by atoms with Crippen molar-refractivity contribution in [3.8, 4) is 5.75 Å². The maximum atomic E-state index is 10.9. The number of hydrogen-bond acceptors (Lipinski definition) is 3. The molecular formula is C13H16O4. The number of carboxylic acids is 1. The minimum absolute atomic E-state index is 0.193. The Balaban J connectivity index is 1.92. The second kappa shape index (κ2) is 4.75. The molecule has 0 spiro atoms. The van der Waals surface area contributed by atoms with E-state index in [1.807, 2.05) is 0 Å². The topological polar surface area (TPSA) is 55.8 Å². The maximum Gasteiger partial charge on any atom is 0.339 e. The number of carbonyl (C=O) groups is 1. The van der Waals surface area contributed by atoms with Gasteiger partial charge in [0.15, 0.2) is 0 Å². The van der Waals surface area contributed by atoms with E-state index in [9.17, 15) is 4.79 Å². The van der Waals surface area contributed by atoms with Gasteiger partial charge in [0, 0.05) is 5.41 Å². The normalized spacial score (nSPS) is 17.2. The smallest absolute Gasteiger partial charge is 0.339 e. The monoisotopic (exact) mass is 236 g/mol. The van der Waals surface area contributed by atoms with E-state index in [1.54, 1.807) is 24.3 Å². The first-order chi connectivity index (χ1) is 8.11. The summed E-state index contributed by atoms with van der Waals surface area (Å²) in [5.74, 6) is -0.525.